The summed E-state index contributed by atoms with van der Waals surface area (Å²) in [7, 11) is 3.18. The van der Waals surface area contributed by atoms with Gasteiger partial charge in [0.05, 0.1) is 25.2 Å². The first kappa shape index (κ1) is 28.3. The lowest BCUT2D eigenvalue weighted by molar-refractivity contribution is -0.148. The van der Waals surface area contributed by atoms with E-state index < -0.39 is 35.6 Å². The lowest BCUT2D eigenvalue weighted by Gasteiger charge is -2.28. The molecule has 3 aromatic heterocycles. The van der Waals surface area contributed by atoms with Gasteiger partial charge in [0, 0.05) is 31.8 Å². The molecule has 5 heterocycles. The van der Waals surface area contributed by atoms with Gasteiger partial charge >= 0.3 is 5.97 Å². The van der Waals surface area contributed by atoms with Crippen LogP contribution >= 0.6 is 11.3 Å². The summed E-state index contributed by atoms with van der Waals surface area (Å²) < 4.78 is 14.1. The summed E-state index contributed by atoms with van der Waals surface area (Å²) in [4.78, 5) is 55.5. The minimum Gasteiger partial charge on any atom is -0.471 e. The molecular formula is C29H35N7O5S. The number of hydrogen-bond donors (Lipinski definition) is 2. The number of fused-ring (bicyclic) bond motifs is 3. The summed E-state index contributed by atoms with van der Waals surface area (Å²) in [6.07, 6.45) is 11.8. The van der Waals surface area contributed by atoms with Crippen molar-refractivity contribution in [2.75, 3.05) is 13.7 Å². The van der Waals surface area contributed by atoms with Crippen LogP contribution in [0.4, 0.5) is 0 Å². The minimum absolute atomic E-state index is 0.156. The van der Waals surface area contributed by atoms with Crippen molar-refractivity contribution in [1.82, 2.24) is 29.7 Å². The number of allylic oxidation sites excluding steroid dienone is 1. The fourth-order valence-corrected chi connectivity index (χ4v) is 6.73. The quantitative estimate of drug-likeness (QED) is 0.343. The lowest BCUT2D eigenvalue weighted by Crippen LogP contribution is -2.55. The average molecular weight is 594 g/mol. The Morgan fingerprint density at radius 1 is 1.24 bits per heavy atom. The number of esters is 1. The molecule has 42 heavy (non-hydrogen) atoms. The van der Waals surface area contributed by atoms with E-state index in [1.807, 2.05) is 35.3 Å². The molecule has 1 saturated heterocycles. The van der Waals surface area contributed by atoms with Gasteiger partial charge < -0.3 is 30.0 Å². The summed E-state index contributed by atoms with van der Waals surface area (Å²) in [5.41, 5.74) is 5.95. The number of carbonyl (C=O) groups is 3. The molecule has 1 aliphatic carbocycles. The number of methoxy groups -OCH3 is 1. The zero-order chi connectivity index (χ0) is 29.4. The first-order chi connectivity index (χ1) is 20.3. The number of hydrogen-bond acceptors (Lipinski definition) is 10. The highest BCUT2D eigenvalue weighted by Gasteiger charge is 2.62. The van der Waals surface area contributed by atoms with E-state index in [0.717, 1.165) is 35.9 Å². The fraction of sp³-hybridized carbons (Fsp3) is 0.517. The summed E-state index contributed by atoms with van der Waals surface area (Å²) in [5, 5.41) is 4.86. The maximum Gasteiger partial charge on any atom is 0.332 e. The number of aromatic nitrogens is 4. The van der Waals surface area contributed by atoms with Crippen LogP contribution in [0.1, 0.15) is 44.9 Å². The summed E-state index contributed by atoms with van der Waals surface area (Å²) in [6, 6.07) is 0.295. The third-order valence-electron chi connectivity index (χ3n) is 8.40. The normalized spacial score (nSPS) is 29.2. The van der Waals surface area contributed by atoms with Crippen LogP contribution < -0.4 is 15.8 Å². The number of amides is 2. The monoisotopic (exact) mass is 593 g/mol. The Kier molecular flexibility index (Phi) is 7.71. The molecule has 0 bridgehead atoms. The highest BCUT2D eigenvalue weighted by Crippen LogP contribution is 2.46. The van der Waals surface area contributed by atoms with E-state index in [1.165, 1.54) is 23.3 Å². The molecule has 222 valence electrons. The number of imidazole rings is 1. The van der Waals surface area contributed by atoms with Gasteiger partial charge in [-0.05, 0) is 37.1 Å². The number of nitrogens with zero attached hydrogens (tertiary/aromatic N) is 5. The molecule has 0 spiro atoms. The largest absolute Gasteiger partial charge is 0.471 e. The molecule has 3 N–H and O–H groups in total. The van der Waals surface area contributed by atoms with E-state index in [4.69, 9.17) is 20.2 Å². The number of carbonyl (C=O) groups excluding carboxylic acids is 3. The molecule has 3 aromatic rings. The summed E-state index contributed by atoms with van der Waals surface area (Å²) in [6.45, 7) is 0.161. The molecule has 2 aliphatic heterocycles. The van der Waals surface area contributed by atoms with E-state index in [-0.39, 0.29) is 24.8 Å². The van der Waals surface area contributed by atoms with Gasteiger partial charge in [-0.15, -0.1) is 11.3 Å². The van der Waals surface area contributed by atoms with Crippen molar-refractivity contribution in [3.63, 3.8) is 0 Å². The molecule has 3 aliphatic rings. The lowest BCUT2D eigenvalue weighted by atomic mass is 10.1. The second-order valence-corrected chi connectivity index (χ2v) is 12.2. The van der Waals surface area contributed by atoms with Crippen molar-refractivity contribution in [3.05, 3.63) is 36.0 Å². The van der Waals surface area contributed by atoms with Crippen LogP contribution in [0.2, 0.25) is 0 Å². The van der Waals surface area contributed by atoms with Crippen LogP contribution in [0.5, 0.6) is 5.88 Å². The van der Waals surface area contributed by atoms with E-state index in [2.05, 4.69) is 21.4 Å². The minimum atomic E-state index is -1.13. The van der Waals surface area contributed by atoms with Gasteiger partial charge in [0.25, 0.3) is 0 Å². The molecule has 0 aromatic carbocycles. The van der Waals surface area contributed by atoms with Crippen LogP contribution in [-0.2, 0) is 26.2 Å². The SMILES string of the molecule is COC(=O)[C@@]12C[C@@H]1/C=C\CCCCC[C@H](N)C(=O)N1C[C@H](Oc3nc(-c4nccn4C)nc4ccsc34)C[C@H]1C(=O)N2. The Hall–Kier alpha value is -3.84. The maximum absolute atomic E-state index is 13.8. The van der Waals surface area contributed by atoms with Crippen LogP contribution in [0.15, 0.2) is 36.0 Å². The van der Waals surface area contributed by atoms with Gasteiger partial charge in [-0.1, -0.05) is 25.0 Å². The van der Waals surface area contributed by atoms with E-state index in [9.17, 15) is 14.4 Å². The van der Waals surface area contributed by atoms with Crippen molar-refractivity contribution in [2.24, 2.45) is 18.7 Å². The number of nitrogens with two attached hydrogens (primary N) is 1. The Morgan fingerprint density at radius 2 is 2.10 bits per heavy atom. The zero-order valence-electron chi connectivity index (χ0n) is 23.7. The van der Waals surface area contributed by atoms with E-state index >= 15 is 0 Å². The number of rotatable bonds is 4. The molecule has 2 fully saturated rings. The van der Waals surface area contributed by atoms with E-state index in [0.29, 0.717) is 30.4 Å². The summed E-state index contributed by atoms with van der Waals surface area (Å²) in [5.74, 6) is 0.0152. The predicted molar refractivity (Wildman–Crippen MR) is 155 cm³/mol. The Balaban J connectivity index is 1.29. The van der Waals surface area contributed by atoms with Gasteiger partial charge in [0.1, 0.15) is 22.4 Å². The third-order valence-corrected chi connectivity index (χ3v) is 9.29. The molecular weight excluding hydrogens is 558 g/mol. The fourth-order valence-electron chi connectivity index (χ4n) is 5.97. The van der Waals surface area contributed by atoms with Crippen LogP contribution in [0.3, 0.4) is 0 Å². The van der Waals surface area contributed by atoms with Gasteiger partial charge in [-0.3, -0.25) is 9.59 Å². The van der Waals surface area contributed by atoms with Crippen molar-refractivity contribution in [1.29, 1.82) is 0 Å². The second-order valence-electron chi connectivity index (χ2n) is 11.3. The number of thiophene rings is 1. The van der Waals surface area contributed by atoms with E-state index in [1.54, 1.807) is 6.20 Å². The average Bonchev–Trinajstić information content (AvgIpc) is 3.38. The predicted octanol–water partition coefficient (Wildman–Crippen LogP) is 2.34. The van der Waals surface area contributed by atoms with Gasteiger partial charge in [0.15, 0.2) is 11.6 Å². The van der Waals surface area contributed by atoms with Crippen molar-refractivity contribution < 1.29 is 23.9 Å². The highest BCUT2D eigenvalue weighted by molar-refractivity contribution is 7.17. The molecule has 12 nitrogen and oxygen atoms in total. The van der Waals surface area contributed by atoms with Gasteiger partial charge in [-0.2, -0.15) is 4.98 Å². The number of nitrogens with one attached hydrogen (secondary N) is 1. The Labute approximate surface area is 247 Å². The molecule has 1 saturated carbocycles. The second kappa shape index (κ2) is 11.4. The Morgan fingerprint density at radius 3 is 2.88 bits per heavy atom. The smallest absolute Gasteiger partial charge is 0.332 e. The molecule has 2 amide bonds. The van der Waals surface area contributed by atoms with Crippen LogP contribution in [0, 0.1) is 5.92 Å². The molecule has 0 unspecified atom stereocenters. The van der Waals surface area contributed by atoms with Crippen molar-refractivity contribution >= 4 is 39.3 Å². The Bertz CT molecular complexity index is 1540. The highest BCUT2D eigenvalue weighted by atomic mass is 32.1. The number of aryl methyl sites for hydroxylation is 1. The molecule has 13 heteroatoms. The zero-order valence-corrected chi connectivity index (χ0v) is 24.5. The summed E-state index contributed by atoms with van der Waals surface area (Å²) >= 11 is 1.45. The first-order valence-electron chi connectivity index (χ1n) is 14.3. The molecule has 6 rings (SSSR count). The standard InChI is InChI=1S/C29H35N7O5S/c1-35-12-11-31-24(35)23-32-20-10-13-42-22(20)26(33-23)41-18-14-21-25(37)34-29(28(39)40-2)15-17(29)8-6-4-3-5-7-9-19(30)27(38)36(21)16-18/h6,8,10-13,17-19,21H,3-5,7,9,14-16,30H2,1-2H3,(H,34,37)/b8-6-/t17-,18+,19-,21-,29+/m0/s1. The topological polar surface area (TPSA) is 155 Å². The van der Waals surface area contributed by atoms with Crippen molar-refractivity contribution in [2.45, 2.75) is 68.7 Å². The van der Waals surface area contributed by atoms with Crippen molar-refractivity contribution in [3.8, 4) is 17.5 Å². The first-order valence-corrected chi connectivity index (χ1v) is 15.2. The molecule has 5 atom stereocenters. The van der Waals surface area contributed by atoms with Crippen LogP contribution in [0.25, 0.3) is 21.9 Å². The van der Waals surface area contributed by atoms with Gasteiger partial charge in [-0.25, -0.2) is 14.8 Å². The number of ether oxygens (including phenoxy) is 2. The van der Waals surface area contributed by atoms with Gasteiger partial charge in [0.2, 0.25) is 17.7 Å². The maximum atomic E-state index is 13.8. The molecule has 0 radical (unpaired) electrons. The van der Waals surface area contributed by atoms with Crippen LogP contribution in [-0.4, -0.2) is 79.6 Å². The third kappa shape index (κ3) is 5.26.